The number of hydrogen-bond donors (Lipinski definition) is 0. The summed E-state index contributed by atoms with van der Waals surface area (Å²) in [6, 6.07) is 13.8. The zero-order chi connectivity index (χ0) is 13.5. The summed E-state index contributed by atoms with van der Waals surface area (Å²) in [5, 5.41) is 0. The lowest BCUT2D eigenvalue weighted by atomic mass is 10.1. The Morgan fingerprint density at radius 1 is 1.11 bits per heavy atom. The van der Waals surface area contributed by atoms with Crippen LogP contribution in [0.25, 0.3) is 12.2 Å². The minimum Gasteiger partial charge on any atom is -0.496 e. The maximum absolute atomic E-state index is 5.33. The van der Waals surface area contributed by atoms with E-state index in [9.17, 15) is 0 Å². The number of benzene rings is 1. The summed E-state index contributed by atoms with van der Waals surface area (Å²) in [5.74, 6) is 0.882. The first-order valence-electron chi connectivity index (χ1n) is 6.20. The van der Waals surface area contributed by atoms with Crippen molar-refractivity contribution in [2.75, 3.05) is 7.11 Å². The second kappa shape index (κ2) is 6.55. The number of para-hydroxylation sites is 1. The summed E-state index contributed by atoms with van der Waals surface area (Å²) >= 11 is 0. The van der Waals surface area contributed by atoms with E-state index < -0.39 is 0 Å². The number of methoxy groups -OCH3 is 1. The van der Waals surface area contributed by atoms with Crippen LogP contribution in [0.1, 0.15) is 18.2 Å². The smallest absolute Gasteiger partial charge is 0.126 e. The van der Waals surface area contributed by atoms with Gasteiger partial charge in [0.05, 0.1) is 12.8 Å². The fraction of sp³-hybridized carbons (Fsp3) is 0.118. The molecule has 0 radical (unpaired) electrons. The summed E-state index contributed by atoms with van der Waals surface area (Å²) < 4.78 is 5.33. The number of ether oxygens (including phenoxy) is 1. The molecular weight excluding hydrogens is 234 g/mol. The average Bonchev–Trinajstić information content (AvgIpc) is 2.47. The largest absolute Gasteiger partial charge is 0.496 e. The molecule has 0 saturated carbocycles. The minimum atomic E-state index is 0.882. The molecule has 0 spiro atoms. The van der Waals surface area contributed by atoms with Gasteiger partial charge in [0.2, 0.25) is 0 Å². The molecule has 1 aromatic carbocycles. The molecule has 2 rings (SSSR count). The van der Waals surface area contributed by atoms with Crippen molar-refractivity contribution in [1.29, 1.82) is 0 Å². The molecule has 0 aliphatic heterocycles. The van der Waals surface area contributed by atoms with Gasteiger partial charge in [0.1, 0.15) is 5.75 Å². The Labute approximate surface area is 114 Å². The van der Waals surface area contributed by atoms with Gasteiger partial charge in [-0.05, 0) is 37.3 Å². The summed E-state index contributed by atoms with van der Waals surface area (Å²) in [4.78, 5) is 4.25. The maximum Gasteiger partial charge on any atom is 0.126 e. The molecule has 2 nitrogen and oxygen atoms in total. The first-order chi connectivity index (χ1) is 9.29. The lowest BCUT2D eigenvalue weighted by Gasteiger charge is -2.04. The Morgan fingerprint density at radius 3 is 2.63 bits per heavy atom. The van der Waals surface area contributed by atoms with Crippen LogP contribution in [0.15, 0.2) is 60.3 Å². The predicted molar refractivity (Wildman–Crippen MR) is 79.9 cm³/mol. The van der Waals surface area contributed by atoms with Gasteiger partial charge in [-0.2, -0.15) is 0 Å². The number of allylic oxidation sites excluding steroid dienone is 2. The molecule has 0 saturated heterocycles. The summed E-state index contributed by atoms with van der Waals surface area (Å²) in [5.41, 5.74) is 3.18. The summed E-state index contributed by atoms with van der Waals surface area (Å²) in [7, 11) is 1.69. The van der Waals surface area contributed by atoms with Gasteiger partial charge in [-0.1, -0.05) is 35.9 Å². The number of nitrogens with zero attached hydrogens (tertiary/aromatic N) is 1. The van der Waals surface area contributed by atoms with Crippen LogP contribution in [-0.4, -0.2) is 12.1 Å². The van der Waals surface area contributed by atoms with Crippen LogP contribution >= 0.6 is 0 Å². The van der Waals surface area contributed by atoms with Crippen molar-refractivity contribution in [3.05, 3.63) is 71.6 Å². The zero-order valence-electron chi connectivity index (χ0n) is 11.2. The van der Waals surface area contributed by atoms with Crippen LogP contribution < -0.4 is 4.74 Å². The third-order valence-electron chi connectivity index (χ3n) is 2.73. The van der Waals surface area contributed by atoms with Crippen LogP contribution in [0, 0.1) is 0 Å². The van der Waals surface area contributed by atoms with E-state index in [1.54, 1.807) is 13.3 Å². The van der Waals surface area contributed by atoms with E-state index in [1.165, 1.54) is 0 Å². The monoisotopic (exact) mass is 251 g/mol. The van der Waals surface area contributed by atoms with E-state index in [0.29, 0.717) is 0 Å². The SMILES string of the molecule is COc1ccccc1/C=C(C)/C=C/c1ccccn1. The third kappa shape index (κ3) is 3.81. The third-order valence-corrected chi connectivity index (χ3v) is 2.73. The fourth-order valence-corrected chi connectivity index (χ4v) is 1.77. The Bertz CT molecular complexity index is 585. The van der Waals surface area contributed by atoms with Gasteiger partial charge < -0.3 is 4.74 Å². The average molecular weight is 251 g/mol. The first-order valence-corrected chi connectivity index (χ1v) is 6.20. The highest BCUT2D eigenvalue weighted by atomic mass is 16.5. The van der Waals surface area contributed by atoms with Gasteiger partial charge in [-0.25, -0.2) is 0 Å². The molecule has 0 N–H and O–H groups in total. The molecule has 0 amide bonds. The van der Waals surface area contributed by atoms with Crippen LogP contribution in [0.2, 0.25) is 0 Å². The molecule has 0 aliphatic carbocycles. The van der Waals surface area contributed by atoms with E-state index in [4.69, 9.17) is 4.74 Å². The number of aromatic nitrogens is 1. The zero-order valence-corrected chi connectivity index (χ0v) is 11.2. The molecular formula is C17H17NO. The van der Waals surface area contributed by atoms with Gasteiger partial charge in [0.25, 0.3) is 0 Å². The lowest BCUT2D eigenvalue weighted by molar-refractivity contribution is 0.414. The van der Waals surface area contributed by atoms with Crippen molar-refractivity contribution in [3.63, 3.8) is 0 Å². The molecule has 0 atom stereocenters. The Kier molecular flexibility index (Phi) is 4.51. The number of rotatable bonds is 4. The number of pyridine rings is 1. The molecule has 19 heavy (non-hydrogen) atoms. The Balaban J connectivity index is 2.17. The summed E-state index contributed by atoms with van der Waals surface area (Å²) in [6.07, 6.45) is 7.94. The van der Waals surface area contributed by atoms with Crippen molar-refractivity contribution in [2.45, 2.75) is 6.92 Å². The number of hydrogen-bond acceptors (Lipinski definition) is 2. The standard InChI is InChI=1S/C17H17NO/c1-14(10-11-16-8-5-6-12-18-16)13-15-7-3-4-9-17(15)19-2/h3-13H,1-2H3/b11-10+,14-13+. The second-order valence-electron chi connectivity index (χ2n) is 4.22. The molecule has 0 aliphatic rings. The van der Waals surface area contributed by atoms with E-state index in [2.05, 4.69) is 24.1 Å². The van der Waals surface area contributed by atoms with Gasteiger partial charge in [-0.3, -0.25) is 4.98 Å². The highest BCUT2D eigenvalue weighted by Crippen LogP contribution is 2.20. The molecule has 2 aromatic rings. The molecule has 1 aromatic heterocycles. The quantitative estimate of drug-likeness (QED) is 0.759. The molecule has 0 bridgehead atoms. The summed E-state index contributed by atoms with van der Waals surface area (Å²) in [6.45, 7) is 2.06. The van der Waals surface area contributed by atoms with Crippen LogP contribution in [0.4, 0.5) is 0 Å². The molecule has 96 valence electrons. The lowest BCUT2D eigenvalue weighted by Crippen LogP contribution is -1.86. The Morgan fingerprint density at radius 2 is 1.89 bits per heavy atom. The van der Waals surface area contributed by atoms with Crippen LogP contribution in [-0.2, 0) is 0 Å². The van der Waals surface area contributed by atoms with Gasteiger partial charge in [-0.15, -0.1) is 0 Å². The van der Waals surface area contributed by atoms with E-state index >= 15 is 0 Å². The predicted octanol–water partition coefficient (Wildman–Crippen LogP) is 4.21. The minimum absolute atomic E-state index is 0.882. The molecule has 2 heteroatoms. The molecule has 1 heterocycles. The van der Waals surface area contributed by atoms with Crippen molar-refractivity contribution in [1.82, 2.24) is 4.98 Å². The van der Waals surface area contributed by atoms with Crippen molar-refractivity contribution < 1.29 is 4.74 Å². The van der Waals surface area contributed by atoms with Gasteiger partial charge >= 0.3 is 0 Å². The second-order valence-corrected chi connectivity index (χ2v) is 4.22. The molecule has 0 fully saturated rings. The topological polar surface area (TPSA) is 22.1 Å². The van der Waals surface area contributed by atoms with Crippen LogP contribution in [0.5, 0.6) is 5.75 Å². The fourth-order valence-electron chi connectivity index (χ4n) is 1.77. The van der Waals surface area contributed by atoms with Crippen molar-refractivity contribution >= 4 is 12.2 Å². The first kappa shape index (κ1) is 13.1. The van der Waals surface area contributed by atoms with E-state index in [0.717, 1.165) is 22.6 Å². The normalized spacial score (nSPS) is 11.8. The Hall–Kier alpha value is -2.35. The van der Waals surface area contributed by atoms with Crippen LogP contribution in [0.3, 0.4) is 0 Å². The van der Waals surface area contributed by atoms with Crippen molar-refractivity contribution in [3.8, 4) is 5.75 Å². The highest BCUT2D eigenvalue weighted by molar-refractivity contribution is 5.63. The highest BCUT2D eigenvalue weighted by Gasteiger charge is 1.97. The molecule has 0 unspecified atom stereocenters. The van der Waals surface area contributed by atoms with Crippen molar-refractivity contribution in [2.24, 2.45) is 0 Å². The van der Waals surface area contributed by atoms with E-state index in [-0.39, 0.29) is 0 Å². The van der Waals surface area contributed by atoms with Gasteiger partial charge in [0.15, 0.2) is 0 Å². The maximum atomic E-state index is 5.33. The van der Waals surface area contributed by atoms with E-state index in [1.807, 2.05) is 48.5 Å². The van der Waals surface area contributed by atoms with Gasteiger partial charge in [0, 0.05) is 11.8 Å².